The van der Waals surface area contributed by atoms with E-state index >= 15 is 0 Å². The van der Waals surface area contributed by atoms with E-state index in [-0.39, 0.29) is 18.3 Å². The fourth-order valence-electron chi connectivity index (χ4n) is 1.84. The molecule has 0 N–H and O–H groups in total. The molecule has 0 spiro atoms. The summed E-state index contributed by atoms with van der Waals surface area (Å²) in [5.41, 5.74) is 1.43. The summed E-state index contributed by atoms with van der Waals surface area (Å²) in [6.07, 6.45) is 1.79. The lowest BCUT2D eigenvalue weighted by Crippen LogP contribution is -2.41. The second-order valence-electron chi connectivity index (χ2n) is 5.69. The maximum Gasteiger partial charge on any atom is 0.487 e. The highest BCUT2D eigenvalue weighted by atomic mass is 16.7. The van der Waals surface area contributed by atoms with Crippen LogP contribution in [0.3, 0.4) is 0 Å². The van der Waals surface area contributed by atoms with Crippen molar-refractivity contribution in [2.24, 2.45) is 0 Å². The minimum absolute atomic E-state index is 0.293. The van der Waals surface area contributed by atoms with Crippen LogP contribution in [0.4, 0.5) is 0 Å². The van der Waals surface area contributed by atoms with Crippen molar-refractivity contribution in [2.45, 2.75) is 45.8 Å². The smallest absolute Gasteiger partial charge is 0.400 e. The Morgan fingerprint density at radius 3 is 2.28 bits per heavy atom. The van der Waals surface area contributed by atoms with Crippen LogP contribution < -0.4 is 0 Å². The molecule has 4 heteroatoms. The summed E-state index contributed by atoms with van der Waals surface area (Å²) in [5.74, 6) is 1.98. The highest BCUT2D eigenvalue weighted by Crippen LogP contribution is 2.37. The molecule has 1 aliphatic heterocycles. The Labute approximate surface area is 109 Å². The van der Waals surface area contributed by atoms with Gasteiger partial charge in [-0.3, -0.25) is 4.98 Å². The van der Waals surface area contributed by atoms with Gasteiger partial charge in [-0.05, 0) is 58.3 Å². The van der Waals surface area contributed by atoms with Gasteiger partial charge in [0, 0.05) is 6.20 Å². The van der Waals surface area contributed by atoms with Crippen LogP contribution in [0.15, 0.2) is 30.4 Å². The van der Waals surface area contributed by atoms with Crippen LogP contribution in [0.1, 0.15) is 40.3 Å². The molecule has 96 valence electrons. The molecule has 0 radical (unpaired) electrons. The van der Waals surface area contributed by atoms with Crippen LogP contribution in [-0.4, -0.2) is 23.3 Å². The highest BCUT2D eigenvalue weighted by molar-refractivity contribution is 6.53. The summed E-state index contributed by atoms with van der Waals surface area (Å²) in [6, 6.07) is 5.87. The van der Waals surface area contributed by atoms with Gasteiger partial charge in [-0.1, -0.05) is 6.07 Å². The predicted molar refractivity (Wildman–Crippen MR) is 74.0 cm³/mol. The molecule has 0 saturated carbocycles. The number of nitrogens with zero attached hydrogens (tertiary/aromatic N) is 1. The highest BCUT2D eigenvalue weighted by Gasteiger charge is 2.50. The van der Waals surface area contributed by atoms with Gasteiger partial charge in [0.15, 0.2) is 0 Å². The van der Waals surface area contributed by atoms with Crippen LogP contribution >= 0.6 is 0 Å². The Morgan fingerprint density at radius 1 is 1.17 bits per heavy atom. The topological polar surface area (TPSA) is 31.4 Å². The molecule has 3 nitrogen and oxygen atoms in total. The van der Waals surface area contributed by atoms with Crippen molar-refractivity contribution in [3.63, 3.8) is 0 Å². The van der Waals surface area contributed by atoms with E-state index in [2.05, 4.69) is 32.7 Å². The molecule has 0 aromatic carbocycles. The second-order valence-corrected chi connectivity index (χ2v) is 5.69. The maximum atomic E-state index is 5.93. The molecule has 2 rings (SSSR count). The van der Waals surface area contributed by atoms with Crippen LogP contribution in [0.2, 0.25) is 0 Å². The zero-order valence-electron chi connectivity index (χ0n) is 11.7. The Kier molecular flexibility index (Phi) is 3.34. The summed E-state index contributed by atoms with van der Waals surface area (Å²) in [6.45, 7) is 10.2. The molecule has 1 aliphatic rings. The second kappa shape index (κ2) is 4.52. The van der Waals surface area contributed by atoms with Crippen molar-refractivity contribution < 1.29 is 9.31 Å². The third kappa shape index (κ3) is 2.50. The number of aromatic nitrogens is 1. The van der Waals surface area contributed by atoms with E-state index < -0.39 is 0 Å². The third-order valence-electron chi connectivity index (χ3n) is 3.73. The maximum absolute atomic E-state index is 5.93. The number of allylic oxidation sites excluding steroid dienone is 1. The van der Waals surface area contributed by atoms with Crippen molar-refractivity contribution >= 4 is 12.7 Å². The van der Waals surface area contributed by atoms with Crippen molar-refractivity contribution in [3.05, 3.63) is 36.1 Å². The molecule has 1 fully saturated rings. The molecular weight excluding hydrogens is 225 g/mol. The first-order valence-corrected chi connectivity index (χ1v) is 6.27. The Hall–Kier alpha value is -1.13. The van der Waals surface area contributed by atoms with Gasteiger partial charge >= 0.3 is 7.12 Å². The van der Waals surface area contributed by atoms with Gasteiger partial charge in [0.1, 0.15) is 0 Å². The predicted octanol–water partition coefficient (Wildman–Crippen LogP) is 3.12. The zero-order chi connectivity index (χ0) is 13.4. The number of hydrogen-bond donors (Lipinski definition) is 0. The fraction of sp³-hybridized carbons (Fsp3) is 0.500. The van der Waals surface area contributed by atoms with E-state index in [1.165, 1.54) is 0 Å². The summed E-state index contributed by atoms with van der Waals surface area (Å²) in [5, 5.41) is 0. The molecule has 0 unspecified atom stereocenters. The lowest BCUT2D eigenvalue weighted by Gasteiger charge is -2.32. The summed E-state index contributed by atoms with van der Waals surface area (Å²) in [7, 11) is -0.308. The van der Waals surface area contributed by atoms with E-state index in [1.807, 2.05) is 31.1 Å². The first kappa shape index (κ1) is 13.3. The molecule has 2 heterocycles. The molecular formula is C14H20BNO2. The lowest BCUT2D eigenvalue weighted by atomic mass is 9.86. The number of pyridine rings is 1. The summed E-state index contributed by atoms with van der Waals surface area (Å²) in [4.78, 5) is 4.31. The van der Waals surface area contributed by atoms with Gasteiger partial charge in [0.25, 0.3) is 0 Å². The standard InChI is InChI=1S/C14H20BNO2/c1-11(12-8-6-7-9-16-12)10-15-17-13(2,3)14(4,5)18-15/h6-10H,1-5H3/b11-10-. The molecule has 0 amide bonds. The molecule has 18 heavy (non-hydrogen) atoms. The Balaban J connectivity index is 2.17. The average Bonchev–Trinajstić information content (AvgIpc) is 2.48. The molecule has 0 atom stereocenters. The van der Waals surface area contributed by atoms with Crippen molar-refractivity contribution in [2.75, 3.05) is 0 Å². The zero-order valence-corrected chi connectivity index (χ0v) is 11.7. The van der Waals surface area contributed by atoms with Crippen LogP contribution in [0, 0.1) is 0 Å². The van der Waals surface area contributed by atoms with Crippen molar-refractivity contribution in [3.8, 4) is 0 Å². The fourth-order valence-corrected chi connectivity index (χ4v) is 1.84. The van der Waals surface area contributed by atoms with E-state index in [1.54, 1.807) is 6.20 Å². The van der Waals surface area contributed by atoms with Crippen LogP contribution in [0.25, 0.3) is 5.57 Å². The van der Waals surface area contributed by atoms with Crippen LogP contribution in [-0.2, 0) is 9.31 Å². The van der Waals surface area contributed by atoms with Gasteiger partial charge in [-0.25, -0.2) is 0 Å². The minimum atomic E-state index is -0.308. The normalized spacial score (nSPS) is 22.3. The van der Waals surface area contributed by atoms with E-state index in [9.17, 15) is 0 Å². The molecule has 0 bridgehead atoms. The third-order valence-corrected chi connectivity index (χ3v) is 3.73. The average molecular weight is 245 g/mol. The van der Waals surface area contributed by atoms with E-state index in [4.69, 9.17) is 9.31 Å². The lowest BCUT2D eigenvalue weighted by molar-refractivity contribution is 0.00578. The first-order chi connectivity index (χ1) is 8.32. The molecule has 0 aliphatic carbocycles. The number of rotatable bonds is 2. The van der Waals surface area contributed by atoms with Gasteiger partial charge in [0.2, 0.25) is 0 Å². The quantitative estimate of drug-likeness (QED) is 0.750. The van der Waals surface area contributed by atoms with Gasteiger partial charge in [-0.2, -0.15) is 0 Å². The van der Waals surface area contributed by atoms with Gasteiger partial charge in [0.05, 0.1) is 16.9 Å². The van der Waals surface area contributed by atoms with E-state index in [0.717, 1.165) is 11.3 Å². The SMILES string of the molecule is C/C(=C/B1OC(C)(C)C(C)(C)O1)c1ccccn1. The first-order valence-electron chi connectivity index (χ1n) is 6.27. The monoisotopic (exact) mass is 245 g/mol. The Bertz CT molecular complexity index is 438. The Morgan fingerprint density at radius 2 is 1.78 bits per heavy atom. The largest absolute Gasteiger partial charge is 0.487 e. The number of hydrogen-bond acceptors (Lipinski definition) is 3. The van der Waals surface area contributed by atoms with Crippen LogP contribution in [0.5, 0.6) is 0 Å². The minimum Gasteiger partial charge on any atom is -0.400 e. The molecule has 1 aromatic rings. The van der Waals surface area contributed by atoms with Crippen molar-refractivity contribution in [1.29, 1.82) is 0 Å². The van der Waals surface area contributed by atoms with Gasteiger partial charge < -0.3 is 9.31 Å². The van der Waals surface area contributed by atoms with E-state index in [0.29, 0.717) is 0 Å². The van der Waals surface area contributed by atoms with Crippen molar-refractivity contribution in [1.82, 2.24) is 4.98 Å². The molecule has 1 aromatic heterocycles. The summed E-state index contributed by atoms with van der Waals surface area (Å²) < 4.78 is 11.9. The summed E-state index contributed by atoms with van der Waals surface area (Å²) >= 11 is 0. The van der Waals surface area contributed by atoms with Gasteiger partial charge in [-0.15, -0.1) is 0 Å². The molecule has 1 saturated heterocycles.